The van der Waals surface area contributed by atoms with Gasteiger partial charge in [0.15, 0.2) is 0 Å². The Morgan fingerprint density at radius 2 is 1.62 bits per heavy atom. The van der Waals surface area contributed by atoms with Gasteiger partial charge in [0.05, 0.1) is 25.1 Å². The maximum Gasteiger partial charge on any atom is 0.244 e. The number of benzene rings is 2. The Bertz CT molecular complexity index is 896. The fraction of sp³-hybridized carbons (Fsp3) is 0.409. The summed E-state index contributed by atoms with van der Waals surface area (Å²) in [5.41, 5.74) is 1.41. The molecule has 0 aliphatic heterocycles. The van der Waals surface area contributed by atoms with E-state index in [4.69, 9.17) is 4.74 Å². The first kappa shape index (κ1) is 22.7. The molecule has 0 heterocycles. The number of carbonyl (C=O) groups is 1. The number of methoxy groups -OCH3 is 1. The highest BCUT2D eigenvalue weighted by Crippen LogP contribution is 2.25. The summed E-state index contributed by atoms with van der Waals surface area (Å²) in [6.45, 7) is 5.77. The van der Waals surface area contributed by atoms with Crippen LogP contribution in [-0.4, -0.2) is 33.7 Å². The number of ether oxygens (including phenoxy) is 1. The van der Waals surface area contributed by atoms with Gasteiger partial charge < -0.3 is 10.1 Å². The van der Waals surface area contributed by atoms with Crippen LogP contribution in [0.1, 0.15) is 38.8 Å². The second-order valence-corrected chi connectivity index (χ2v) is 9.39. The van der Waals surface area contributed by atoms with E-state index in [0.29, 0.717) is 17.4 Å². The third-order valence-corrected chi connectivity index (χ3v) is 5.88. The average molecular weight is 419 g/mol. The first-order chi connectivity index (χ1) is 13.6. The van der Waals surface area contributed by atoms with Crippen molar-refractivity contribution in [3.63, 3.8) is 0 Å². The predicted molar refractivity (Wildman–Crippen MR) is 117 cm³/mol. The number of nitrogens with one attached hydrogen (secondary N) is 1. The molecule has 158 valence electrons. The standard InChI is InChI=1S/C22H30N2O4S/c1-16(2)15-21(18-9-7-6-8-10-18)23-22(25)17(3)24(29(5,26)27)19-11-13-20(28-4)14-12-19/h6-14,16-17,21H,15H2,1-5H3,(H,23,25)/t17-,21+/m0/s1. The first-order valence-electron chi connectivity index (χ1n) is 9.62. The Labute approximate surface area is 173 Å². The lowest BCUT2D eigenvalue weighted by Crippen LogP contribution is -2.48. The number of hydrogen-bond acceptors (Lipinski definition) is 4. The summed E-state index contributed by atoms with van der Waals surface area (Å²) in [7, 11) is -2.13. The second-order valence-electron chi connectivity index (χ2n) is 7.53. The zero-order valence-corrected chi connectivity index (χ0v) is 18.4. The minimum atomic E-state index is -3.67. The molecule has 2 rings (SSSR count). The molecule has 2 atom stereocenters. The fourth-order valence-corrected chi connectivity index (χ4v) is 4.44. The second kappa shape index (κ2) is 9.78. The number of amides is 1. The van der Waals surface area contributed by atoms with Crippen LogP contribution in [0.3, 0.4) is 0 Å². The lowest BCUT2D eigenvalue weighted by atomic mass is 9.96. The molecule has 29 heavy (non-hydrogen) atoms. The minimum absolute atomic E-state index is 0.191. The lowest BCUT2D eigenvalue weighted by molar-refractivity contribution is -0.122. The largest absolute Gasteiger partial charge is 0.497 e. The van der Waals surface area contributed by atoms with E-state index in [9.17, 15) is 13.2 Å². The van der Waals surface area contributed by atoms with E-state index in [1.165, 1.54) is 7.11 Å². The van der Waals surface area contributed by atoms with Gasteiger partial charge in [0.1, 0.15) is 11.8 Å². The molecule has 0 spiro atoms. The van der Waals surface area contributed by atoms with Crippen molar-refractivity contribution in [2.75, 3.05) is 17.7 Å². The zero-order chi connectivity index (χ0) is 21.6. The highest BCUT2D eigenvalue weighted by molar-refractivity contribution is 7.92. The van der Waals surface area contributed by atoms with Crippen molar-refractivity contribution in [2.45, 2.75) is 39.3 Å². The maximum atomic E-state index is 13.1. The highest BCUT2D eigenvalue weighted by Gasteiger charge is 2.30. The molecular formula is C22H30N2O4S. The van der Waals surface area contributed by atoms with Crippen molar-refractivity contribution in [2.24, 2.45) is 5.92 Å². The van der Waals surface area contributed by atoms with E-state index in [-0.39, 0.29) is 11.9 Å². The van der Waals surface area contributed by atoms with Gasteiger partial charge in [-0.05, 0) is 49.1 Å². The van der Waals surface area contributed by atoms with Crippen LogP contribution in [0.15, 0.2) is 54.6 Å². The van der Waals surface area contributed by atoms with Crippen molar-refractivity contribution in [1.29, 1.82) is 0 Å². The van der Waals surface area contributed by atoms with Crippen molar-refractivity contribution in [1.82, 2.24) is 5.32 Å². The molecule has 0 fully saturated rings. The van der Waals surface area contributed by atoms with E-state index < -0.39 is 16.1 Å². The van der Waals surface area contributed by atoms with Gasteiger partial charge in [-0.1, -0.05) is 44.2 Å². The van der Waals surface area contributed by atoms with E-state index >= 15 is 0 Å². The third kappa shape index (κ3) is 6.22. The topological polar surface area (TPSA) is 75.7 Å². The van der Waals surface area contributed by atoms with E-state index in [1.807, 2.05) is 30.3 Å². The van der Waals surface area contributed by atoms with Crippen LogP contribution in [0.2, 0.25) is 0 Å². The quantitative estimate of drug-likeness (QED) is 0.673. The van der Waals surface area contributed by atoms with Crippen LogP contribution in [-0.2, 0) is 14.8 Å². The van der Waals surface area contributed by atoms with Gasteiger partial charge in [-0.25, -0.2) is 8.42 Å². The molecule has 0 unspecified atom stereocenters. The van der Waals surface area contributed by atoms with Gasteiger partial charge in [0, 0.05) is 0 Å². The monoisotopic (exact) mass is 418 g/mol. The van der Waals surface area contributed by atoms with Crippen LogP contribution >= 0.6 is 0 Å². The molecular weight excluding hydrogens is 388 g/mol. The molecule has 1 amide bonds. The smallest absolute Gasteiger partial charge is 0.244 e. The van der Waals surface area contributed by atoms with Gasteiger partial charge in [0.2, 0.25) is 15.9 Å². The van der Waals surface area contributed by atoms with Crippen LogP contribution in [0, 0.1) is 5.92 Å². The van der Waals surface area contributed by atoms with Gasteiger partial charge in [-0.2, -0.15) is 0 Å². The van der Waals surface area contributed by atoms with Crippen LogP contribution in [0.25, 0.3) is 0 Å². The van der Waals surface area contributed by atoms with Crippen LogP contribution in [0.5, 0.6) is 5.75 Å². The number of sulfonamides is 1. The summed E-state index contributed by atoms with van der Waals surface area (Å²) in [6, 6.07) is 15.2. The molecule has 0 aliphatic rings. The van der Waals surface area contributed by atoms with Crippen molar-refractivity contribution in [3.05, 3.63) is 60.2 Å². The molecule has 2 aromatic carbocycles. The van der Waals surface area contributed by atoms with Gasteiger partial charge in [0.25, 0.3) is 0 Å². The number of anilines is 1. The van der Waals surface area contributed by atoms with E-state index in [0.717, 1.165) is 22.5 Å². The summed E-state index contributed by atoms with van der Waals surface area (Å²) in [5, 5.41) is 3.04. The molecule has 0 saturated carbocycles. The number of nitrogens with zero attached hydrogens (tertiary/aromatic N) is 1. The van der Waals surface area contributed by atoms with E-state index in [1.54, 1.807) is 31.2 Å². The molecule has 7 heteroatoms. The molecule has 0 aliphatic carbocycles. The summed E-state index contributed by atoms with van der Waals surface area (Å²) in [5.74, 6) is 0.629. The van der Waals surface area contributed by atoms with Crippen molar-refractivity contribution < 1.29 is 17.9 Å². The number of rotatable bonds is 9. The number of hydrogen-bond donors (Lipinski definition) is 1. The first-order valence-corrected chi connectivity index (χ1v) is 11.5. The molecule has 6 nitrogen and oxygen atoms in total. The third-order valence-electron chi connectivity index (χ3n) is 4.64. The van der Waals surface area contributed by atoms with Crippen LogP contribution < -0.4 is 14.4 Å². The van der Waals surface area contributed by atoms with Crippen LogP contribution in [0.4, 0.5) is 5.69 Å². The highest BCUT2D eigenvalue weighted by atomic mass is 32.2. The summed E-state index contributed by atoms with van der Waals surface area (Å²) in [6.07, 6.45) is 1.85. The van der Waals surface area contributed by atoms with Gasteiger partial charge >= 0.3 is 0 Å². The molecule has 0 saturated heterocycles. The van der Waals surface area contributed by atoms with Crippen molar-refractivity contribution in [3.8, 4) is 5.75 Å². The number of carbonyl (C=O) groups excluding carboxylic acids is 1. The molecule has 0 radical (unpaired) electrons. The Hall–Kier alpha value is -2.54. The SMILES string of the molecule is COc1ccc(N([C@@H](C)C(=O)N[C@H](CC(C)C)c2ccccc2)S(C)(=O)=O)cc1. The van der Waals surface area contributed by atoms with Crippen molar-refractivity contribution >= 4 is 21.6 Å². The Morgan fingerprint density at radius 3 is 2.10 bits per heavy atom. The summed E-state index contributed by atoms with van der Waals surface area (Å²) < 4.78 is 31.2. The van der Waals surface area contributed by atoms with Gasteiger partial charge in [-0.15, -0.1) is 0 Å². The normalized spacial score (nSPS) is 13.6. The maximum absolute atomic E-state index is 13.1. The Kier molecular flexibility index (Phi) is 7.67. The summed E-state index contributed by atoms with van der Waals surface area (Å²) in [4.78, 5) is 13.1. The Balaban J connectivity index is 2.29. The fourth-order valence-electron chi connectivity index (χ4n) is 3.27. The predicted octanol–water partition coefficient (Wildman–Crippen LogP) is 3.75. The van der Waals surface area contributed by atoms with Gasteiger partial charge in [-0.3, -0.25) is 9.10 Å². The summed E-state index contributed by atoms with van der Waals surface area (Å²) >= 11 is 0. The Morgan fingerprint density at radius 1 is 1.03 bits per heavy atom. The zero-order valence-electron chi connectivity index (χ0n) is 17.6. The average Bonchev–Trinajstić information content (AvgIpc) is 2.67. The minimum Gasteiger partial charge on any atom is -0.497 e. The molecule has 0 aromatic heterocycles. The molecule has 1 N–H and O–H groups in total. The van der Waals surface area contributed by atoms with E-state index in [2.05, 4.69) is 19.2 Å². The molecule has 0 bridgehead atoms. The molecule has 2 aromatic rings. The lowest BCUT2D eigenvalue weighted by Gasteiger charge is -2.30.